The fourth-order valence-corrected chi connectivity index (χ4v) is 5.16. The van der Waals surface area contributed by atoms with Crippen LogP contribution in [-0.2, 0) is 23.6 Å². The van der Waals surface area contributed by atoms with Crippen LogP contribution in [-0.4, -0.2) is 20.5 Å². The Balaban J connectivity index is 2.59. The number of aldehydes is 1. The molecule has 2 rings (SSSR count). The molecule has 18 heavy (non-hydrogen) atoms. The monoisotopic (exact) mass is 268 g/mol. The van der Waals surface area contributed by atoms with E-state index in [0.717, 1.165) is 11.8 Å². The third-order valence-electron chi connectivity index (χ3n) is 3.90. The van der Waals surface area contributed by atoms with E-state index in [-0.39, 0.29) is 0 Å². The first-order valence-corrected chi connectivity index (χ1v) is 7.27. The van der Waals surface area contributed by atoms with Crippen LogP contribution < -0.4 is 0 Å². The molecule has 1 aromatic carbocycles. The zero-order valence-electron chi connectivity index (χ0n) is 10.8. The first kappa shape index (κ1) is 13.5. The summed E-state index contributed by atoms with van der Waals surface area (Å²) in [6.07, 6.45) is 1.33. The van der Waals surface area contributed by atoms with Crippen molar-refractivity contribution in [2.45, 2.75) is 18.5 Å². The quantitative estimate of drug-likeness (QED) is 0.608. The van der Waals surface area contributed by atoms with Gasteiger partial charge in [0.2, 0.25) is 0 Å². The molecule has 1 aliphatic carbocycles. The molecule has 2 atom stereocenters. The number of benzene rings is 1. The Kier molecular flexibility index (Phi) is 3.22. The van der Waals surface area contributed by atoms with Gasteiger partial charge in [-0.25, -0.2) is 0 Å². The zero-order valence-corrected chi connectivity index (χ0v) is 11.6. The van der Waals surface area contributed by atoms with E-state index in [2.05, 4.69) is 0 Å². The molecule has 0 aliphatic heterocycles. The molecule has 1 fully saturated rings. The third kappa shape index (κ3) is 1.53. The van der Waals surface area contributed by atoms with E-state index in [0.29, 0.717) is 6.42 Å². The second-order valence-electron chi connectivity index (χ2n) is 4.80. The summed E-state index contributed by atoms with van der Waals surface area (Å²) in [6, 6.07) is 9.31. The molecule has 0 N–H and O–H groups in total. The van der Waals surface area contributed by atoms with Crippen LogP contribution in [0.15, 0.2) is 30.3 Å². The van der Waals surface area contributed by atoms with Gasteiger partial charge in [0.25, 0.3) is 0 Å². The van der Waals surface area contributed by atoms with Crippen LogP contribution in [0.4, 0.5) is 0 Å². The molecule has 98 valence electrons. The van der Waals surface area contributed by atoms with Crippen LogP contribution in [0.25, 0.3) is 0 Å². The van der Waals surface area contributed by atoms with Gasteiger partial charge < -0.3 is 13.8 Å². The van der Waals surface area contributed by atoms with Crippen LogP contribution in [0.1, 0.15) is 18.9 Å². The van der Waals surface area contributed by atoms with Gasteiger partial charge in [-0.3, -0.25) is 4.57 Å². The molecule has 1 aliphatic rings. The number of carbonyl (C=O) groups excluding carboxylic acids is 1. The van der Waals surface area contributed by atoms with E-state index in [9.17, 15) is 9.36 Å². The molecule has 0 unspecified atom stereocenters. The minimum absolute atomic E-state index is 0.479. The molecule has 1 aromatic rings. The van der Waals surface area contributed by atoms with Crippen LogP contribution in [0.5, 0.6) is 0 Å². The summed E-state index contributed by atoms with van der Waals surface area (Å²) in [7, 11) is -0.645. The Morgan fingerprint density at radius 3 is 2.17 bits per heavy atom. The molecule has 1 saturated carbocycles. The molecule has 0 heterocycles. The highest BCUT2D eigenvalue weighted by molar-refractivity contribution is 7.55. The van der Waals surface area contributed by atoms with Crippen molar-refractivity contribution < 1.29 is 18.4 Å². The highest BCUT2D eigenvalue weighted by atomic mass is 31.2. The molecule has 0 radical (unpaired) electrons. The number of carbonyl (C=O) groups is 1. The van der Waals surface area contributed by atoms with Crippen LogP contribution in [0, 0.1) is 5.41 Å². The third-order valence-corrected chi connectivity index (χ3v) is 6.73. The standard InChI is InChI=1S/C13H17O4P/c1-12(10-14)9-13(12,18(15,16-2)17-3)11-7-5-4-6-8-11/h4-8,10H,9H2,1-3H3/t12-,13-/m0/s1. The first-order chi connectivity index (χ1) is 8.49. The van der Waals surface area contributed by atoms with E-state index in [1.165, 1.54) is 14.2 Å². The van der Waals surface area contributed by atoms with Gasteiger partial charge in [-0.2, -0.15) is 0 Å². The van der Waals surface area contributed by atoms with Crippen molar-refractivity contribution in [2.75, 3.05) is 14.2 Å². The molecule has 0 spiro atoms. The molecular weight excluding hydrogens is 251 g/mol. The SMILES string of the molecule is COP(=O)(OC)[C@]1(c2ccccc2)C[C@@]1(C)C=O. The lowest BCUT2D eigenvalue weighted by Crippen LogP contribution is -2.20. The topological polar surface area (TPSA) is 52.6 Å². The highest BCUT2D eigenvalue weighted by Crippen LogP contribution is 2.83. The summed E-state index contributed by atoms with van der Waals surface area (Å²) in [5, 5.41) is -0.855. The van der Waals surface area contributed by atoms with Gasteiger partial charge in [-0.15, -0.1) is 0 Å². The van der Waals surface area contributed by atoms with Crippen molar-refractivity contribution in [2.24, 2.45) is 5.41 Å². The first-order valence-electron chi connectivity index (χ1n) is 5.73. The van der Waals surface area contributed by atoms with Gasteiger partial charge in [0.1, 0.15) is 11.4 Å². The molecule has 4 nitrogen and oxygen atoms in total. The van der Waals surface area contributed by atoms with Crippen LogP contribution in [0.2, 0.25) is 0 Å². The fourth-order valence-electron chi connectivity index (χ4n) is 2.73. The molecular formula is C13H17O4P. The van der Waals surface area contributed by atoms with Crippen molar-refractivity contribution in [3.8, 4) is 0 Å². The predicted octanol–water partition coefficient (Wildman–Crippen LogP) is 2.98. The molecule has 0 aromatic heterocycles. The smallest absolute Gasteiger partial charge is 0.311 e. The summed E-state index contributed by atoms with van der Waals surface area (Å²) in [5.41, 5.74) is 0.127. The number of hydrogen-bond donors (Lipinski definition) is 0. The highest BCUT2D eigenvalue weighted by Gasteiger charge is 2.76. The number of hydrogen-bond acceptors (Lipinski definition) is 4. The zero-order chi connectivity index (χ0) is 13.4. The summed E-state index contributed by atoms with van der Waals surface area (Å²) in [4.78, 5) is 11.3. The van der Waals surface area contributed by atoms with Gasteiger partial charge in [0, 0.05) is 19.6 Å². The molecule has 0 saturated heterocycles. The average Bonchev–Trinajstić information content (AvgIpc) is 3.08. The van der Waals surface area contributed by atoms with E-state index < -0.39 is 18.2 Å². The van der Waals surface area contributed by atoms with Crippen molar-refractivity contribution >= 4 is 13.9 Å². The Labute approximate surface area is 107 Å². The van der Waals surface area contributed by atoms with Crippen LogP contribution in [0.3, 0.4) is 0 Å². The maximum absolute atomic E-state index is 12.8. The maximum atomic E-state index is 12.8. The van der Waals surface area contributed by atoms with E-state index in [4.69, 9.17) is 9.05 Å². The predicted molar refractivity (Wildman–Crippen MR) is 68.5 cm³/mol. The average molecular weight is 268 g/mol. The largest absolute Gasteiger partial charge is 0.341 e. The second kappa shape index (κ2) is 4.30. The van der Waals surface area contributed by atoms with Crippen molar-refractivity contribution in [3.05, 3.63) is 35.9 Å². The van der Waals surface area contributed by atoms with Crippen LogP contribution >= 0.6 is 7.60 Å². The van der Waals surface area contributed by atoms with Crippen molar-refractivity contribution in [3.63, 3.8) is 0 Å². The van der Waals surface area contributed by atoms with Gasteiger partial charge in [0.15, 0.2) is 0 Å². The lowest BCUT2D eigenvalue weighted by atomic mass is 10.0. The van der Waals surface area contributed by atoms with Gasteiger partial charge in [-0.05, 0) is 12.0 Å². The summed E-state index contributed by atoms with van der Waals surface area (Å²) in [6.45, 7) is 1.79. The van der Waals surface area contributed by atoms with Crippen molar-refractivity contribution in [1.82, 2.24) is 0 Å². The molecule has 0 bridgehead atoms. The Morgan fingerprint density at radius 1 is 1.22 bits per heavy atom. The Hall–Kier alpha value is -0.960. The summed E-state index contributed by atoms with van der Waals surface area (Å²) in [5.74, 6) is 0. The lowest BCUT2D eigenvalue weighted by molar-refractivity contribution is -0.112. The molecule has 0 amide bonds. The number of rotatable bonds is 5. The molecule has 5 heteroatoms. The lowest BCUT2D eigenvalue weighted by Gasteiger charge is -2.27. The normalized spacial score (nSPS) is 31.1. The minimum Gasteiger partial charge on any atom is -0.311 e. The van der Waals surface area contributed by atoms with E-state index >= 15 is 0 Å². The Bertz CT molecular complexity index is 493. The van der Waals surface area contributed by atoms with Gasteiger partial charge in [0.05, 0.1) is 0 Å². The van der Waals surface area contributed by atoms with Gasteiger partial charge >= 0.3 is 7.60 Å². The van der Waals surface area contributed by atoms with Crippen molar-refractivity contribution in [1.29, 1.82) is 0 Å². The fraction of sp³-hybridized carbons (Fsp3) is 0.462. The second-order valence-corrected chi connectivity index (χ2v) is 7.29. The van der Waals surface area contributed by atoms with Gasteiger partial charge in [-0.1, -0.05) is 37.3 Å². The Morgan fingerprint density at radius 2 is 1.78 bits per heavy atom. The summed E-state index contributed by atoms with van der Waals surface area (Å²) < 4.78 is 23.1. The maximum Gasteiger partial charge on any atom is 0.341 e. The summed E-state index contributed by atoms with van der Waals surface area (Å²) >= 11 is 0. The van der Waals surface area contributed by atoms with E-state index in [1.54, 1.807) is 6.92 Å². The minimum atomic E-state index is -3.36. The van der Waals surface area contributed by atoms with E-state index in [1.807, 2.05) is 30.3 Å².